The topological polar surface area (TPSA) is 84.1 Å². The van der Waals surface area contributed by atoms with Crippen LogP contribution in [0, 0.1) is 20.8 Å². The molecule has 0 unspecified atom stereocenters. The summed E-state index contributed by atoms with van der Waals surface area (Å²) >= 11 is 1.35. The Balaban J connectivity index is 2.35. The Hall–Kier alpha value is -2.15. The zero-order valence-corrected chi connectivity index (χ0v) is 12.5. The Morgan fingerprint density at radius 2 is 2.05 bits per heavy atom. The van der Waals surface area contributed by atoms with E-state index in [-0.39, 0.29) is 5.91 Å². The minimum Gasteiger partial charge on any atom is -0.465 e. The number of nitrogens with one attached hydrogen (secondary N) is 2. The van der Waals surface area contributed by atoms with Gasteiger partial charge in [0.15, 0.2) is 0 Å². The third-order valence-electron chi connectivity index (χ3n) is 3.08. The van der Waals surface area contributed by atoms with Gasteiger partial charge in [0, 0.05) is 10.6 Å². The van der Waals surface area contributed by atoms with Gasteiger partial charge in [0.05, 0.1) is 24.4 Å². The maximum absolute atomic E-state index is 12.2. The van der Waals surface area contributed by atoms with Gasteiger partial charge >= 0.3 is 5.97 Å². The first-order valence-electron chi connectivity index (χ1n) is 5.95. The molecule has 0 fully saturated rings. The lowest BCUT2D eigenvalue weighted by molar-refractivity contribution is 0.0601. The van der Waals surface area contributed by atoms with Crippen LogP contribution in [0.2, 0.25) is 0 Å². The van der Waals surface area contributed by atoms with E-state index in [0.717, 1.165) is 10.4 Å². The molecule has 6 nitrogen and oxygen atoms in total. The van der Waals surface area contributed by atoms with Crippen molar-refractivity contribution in [2.24, 2.45) is 0 Å². The number of esters is 1. The van der Waals surface area contributed by atoms with Crippen molar-refractivity contribution in [3.05, 3.63) is 33.5 Å². The highest BCUT2D eigenvalue weighted by Gasteiger charge is 2.22. The molecule has 2 N–H and O–H groups in total. The fourth-order valence-corrected chi connectivity index (χ4v) is 2.86. The number of aromatic amines is 1. The van der Waals surface area contributed by atoms with E-state index in [1.807, 2.05) is 13.8 Å². The number of amides is 1. The van der Waals surface area contributed by atoms with E-state index < -0.39 is 5.97 Å². The molecule has 0 aliphatic rings. The molecule has 1 amide bonds. The molecule has 0 spiro atoms. The summed E-state index contributed by atoms with van der Waals surface area (Å²) in [4.78, 5) is 24.9. The van der Waals surface area contributed by atoms with Gasteiger partial charge in [0.1, 0.15) is 5.00 Å². The van der Waals surface area contributed by atoms with Crippen LogP contribution in [0.15, 0.2) is 6.20 Å². The minimum atomic E-state index is -0.453. The lowest BCUT2D eigenvalue weighted by Gasteiger charge is -2.05. The summed E-state index contributed by atoms with van der Waals surface area (Å²) in [7, 11) is 1.32. The summed E-state index contributed by atoms with van der Waals surface area (Å²) in [6.07, 6.45) is 1.45. The molecule has 0 radical (unpaired) electrons. The number of nitrogens with zero attached hydrogens (tertiary/aromatic N) is 1. The molecule has 0 saturated carbocycles. The van der Waals surface area contributed by atoms with Gasteiger partial charge < -0.3 is 10.1 Å². The van der Waals surface area contributed by atoms with Crippen molar-refractivity contribution < 1.29 is 14.3 Å². The molecule has 0 bridgehead atoms. The van der Waals surface area contributed by atoms with Crippen LogP contribution >= 0.6 is 11.3 Å². The van der Waals surface area contributed by atoms with Crippen molar-refractivity contribution in [3.63, 3.8) is 0 Å². The number of anilines is 1. The first-order chi connectivity index (χ1) is 9.45. The number of carbonyl (C=O) groups excluding carboxylic acids is 2. The molecule has 0 aromatic carbocycles. The van der Waals surface area contributed by atoms with Gasteiger partial charge in [-0.05, 0) is 26.3 Å². The standard InChI is InChI=1S/C13H15N3O3S/c1-6-8(3)20-12(10(6)13(18)19-4)15-11(17)9-5-14-16-7(9)2/h5H,1-4H3,(H,14,16)(H,15,17). The van der Waals surface area contributed by atoms with Crippen LogP contribution in [0.1, 0.15) is 36.9 Å². The molecule has 2 heterocycles. The Morgan fingerprint density at radius 1 is 1.35 bits per heavy atom. The third-order valence-corrected chi connectivity index (χ3v) is 4.20. The Kier molecular flexibility index (Phi) is 3.89. The molecule has 2 aromatic heterocycles. The van der Waals surface area contributed by atoms with Crippen LogP contribution in [0.4, 0.5) is 5.00 Å². The largest absolute Gasteiger partial charge is 0.465 e. The second-order valence-corrected chi connectivity index (χ2v) is 5.57. The highest BCUT2D eigenvalue weighted by Crippen LogP contribution is 2.33. The number of methoxy groups -OCH3 is 1. The fraction of sp³-hybridized carbons (Fsp3) is 0.308. The van der Waals surface area contributed by atoms with Crippen LogP contribution in [-0.4, -0.2) is 29.2 Å². The number of aromatic nitrogens is 2. The maximum Gasteiger partial charge on any atom is 0.341 e. The summed E-state index contributed by atoms with van der Waals surface area (Å²) in [5.41, 5.74) is 2.35. The molecular formula is C13H15N3O3S. The van der Waals surface area contributed by atoms with Gasteiger partial charge in [-0.15, -0.1) is 11.3 Å². The Labute approximate surface area is 120 Å². The van der Waals surface area contributed by atoms with Crippen molar-refractivity contribution in [3.8, 4) is 0 Å². The average Bonchev–Trinajstić information content (AvgIpc) is 2.94. The SMILES string of the molecule is COC(=O)c1c(NC(=O)c2cn[nH]c2C)sc(C)c1C. The van der Waals surface area contributed by atoms with Crippen LogP contribution < -0.4 is 5.32 Å². The number of hydrogen-bond donors (Lipinski definition) is 2. The average molecular weight is 293 g/mol. The lowest BCUT2D eigenvalue weighted by Crippen LogP contribution is -2.14. The van der Waals surface area contributed by atoms with Crippen molar-refractivity contribution >= 4 is 28.2 Å². The van der Waals surface area contributed by atoms with Crippen LogP contribution in [-0.2, 0) is 4.74 Å². The maximum atomic E-state index is 12.2. The van der Waals surface area contributed by atoms with Gasteiger partial charge in [-0.2, -0.15) is 5.10 Å². The van der Waals surface area contributed by atoms with E-state index in [2.05, 4.69) is 15.5 Å². The number of thiophene rings is 1. The number of carbonyl (C=O) groups is 2. The predicted molar refractivity (Wildman–Crippen MR) is 76.4 cm³/mol. The van der Waals surface area contributed by atoms with Gasteiger partial charge in [-0.25, -0.2) is 4.79 Å². The number of rotatable bonds is 3. The zero-order valence-electron chi connectivity index (χ0n) is 11.7. The van der Waals surface area contributed by atoms with E-state index >= 15 is 0 Å². The second kappa shape index (κ2) is 5.46. The van der Waals surface area contributed by atoms with Crippen LogP contribution in [0.25, 0.3) is 0 Å². The Bertz CT molecular complexity index is 672. The summed E-state index contributed by atoms with van der Waals surface area (Å²) in [6, 6.07) is 0. The first-order valence-corrected chi connectivity index (χ1v) is 6.77. The van der Waals surface area contributed by atoms with Crippen molar-refractivity contribution in [1.29, 1.82) is 0 Å². The van der Waals surface area contributed by atoms with E-state index in [1.54, 1.807) is 6.92 Å². The van der Waals surface area contributed by atoms with Gasteiger partial charge in [0.25, 0.3) is 5.91 Å². The second-order valence-electron chi connectivity index (χ2n) is 4.34. The summed E-state index contributed by atoms with van der Waals surface area (Å²) in [6.45, 7) is 5.48. The van der Waals surface area contributed by atoms with Crippen molar-refractivity contribution in [2.45, 2.75) is 20.8 Å². The van der Waals surface area contributed by atoms with E-state index in [0.29, 0.717) is 21.8 Å². The minimum absolute atomic E-state index is 0.303. The Morgan fingerprint density at radius 3 is 2.60 bits per heavy atom. The van der Waals surface area contributed by atoms with E-state index in [1.165, 1.54) is 24.6 Å². The predicted octanol–water partition coefficient (Wildman–Crippen LogP) is 2.44. The molecule has 2 rings (SSSR count). The molecule has 0 aliphatic heterocycles. The molecule has 106 valence electrons. The molecule has 0 aliphatic carbocycles. The molecule has 20 heavy (non-hydrogen) atoms. The number of H-pyrrole nitrogens is 1. The van der Waals surface area contributed by atoms with Crippen LogP contribution in [0.3, 0.4) is 0 Å². The zero-order chi connectivity index (χ0) is 14.9. The van der Waals surface area contributed by atoms with Gasteiger partial charge in [-0.3, -0.25) is 9.89 Å². The molecule has 0 atom stereocenters. The lowest BCUT2D eigenvalue weighted by atomic mass is 10.1. The molecule has 2 aromatic rings. The highest BCUT2D eigenvalue weighted by molar-refractivity contribution is 7.16. The van der Waals surface area contributed by atoms with E-state index in [4.69, 9.17) is 4.74 Å². The number of hydrogen-bond acceptors (Lipinski definition) is 5. The quantitative estimate of drug-likeness (QED) is 0.851. The molecule has 0 saturated heterocycles. The summed E-state index contributed by atoms with van der Waals surface area (Å²) in [5.74, 6) is -0.756. The smallest absolute Gasteiger partial charge is 0.341 e. The third kappa shape index (κ3) is 2.44. The molecule has 7 heteroatoms. The number of aryl methyl sites for hydroxylation is 2. The van der Waals surface area contributed by atoms with Crippen molar-refractivity contribution in [2.75, 3.05) is 12.4 Å². The van der Waals surface area contributed by atoms with Crippen molar-refractivity contribution in [1.82, 2.24) is 10.2 Å². The number of ether oxygens (including phenoxy) is 1. The van der Waals surface area contributed by atoms with E-state index in [9.17, 15) is 9.59 Å². The monoisotopic (exact) mass is 293 g/mol. The summed E-state index contributed by atoms with van der Waals surface area (Å²) < 4.78 is 4.77. The fourth-order valence-electron chi connectivity index (χ4n) is 1.81. The van der Waals surface area contributed by atoms with Gasteiger partial charge in [-0.1, -0.05) is 0 Å². The summed E-state index contributed by atoms with van der Waals surface area (Å²) in [5, 5.41) is 9.76. The molecular weight excluding hydrogens is 278 g/mol. The highest BCUT2D eigenvalue weighted by atomic mass is 32.1. The van der Waals surface area contributed by atoms with Crippen LogP contribution in [0.5, 0.6) is 0 Å². The first kappa shape index (κ1) is 14.3. The van der Waals surface area contributed by atoms with Gasteiger partial charge in [0.2, 0.25) is 0 Å². The normalized spacial score (nSPS) is 10.4.